The Labute approximate surface area is 102 Å². The Hall–Kier alpha value is -0.730. The molecule has 1 aliphatic carbocycles. The average molecular weight is 240 g/mol. The molecule has 0 unspecified atom stereocenters. The van der Waals surface area contributed by atoms with Crippen LogP contribution in [-0.2, 0) is 6.54 Å². The molecule has 0 heterocycles. The van der Waals surface area contributed by atoms with Gasteiger partial charge in [0.1, 0.15) is 5.75 Å². The summed E-state index contributed by atoms with van der Waals surface area (Å²) in [6.07, 6.45) is 2.64. The first kappa shape index (κ1) is 11.7. The molecular formula is C13H18ClNO. The third kappa shape index (κ3) is 3.13. The molecule has 0 radical (unpaired) electrons. The maximum atomic E-state index is 5.83. The van der Waals surface area contributed by atoms with Gasteiger partial charge >= 0.3 is 0 Å². The Morgan fingerprint density at radius 1 is 1.44 bits per heavy atom. The number of nitrogens with zero attached hydrogens (tertiary/aromatic N) is 1. The molecule has 1 aliphatic rings. The van der Waals surface area contributed by atoms with Crippen LogP contribution < -0.4 is 4.74 Å². The third-order valence-corrected chi connectivity index (χ3v) is 3.12. The van der Waals surface area contributed by atoms with Gasteiger partial charge in [0.2, 0.25) is 0 Å². The van der Waals surface area contributed by atoms with Gasteiger partial charge in [-0.2, -0.15) is 0 Å². The lowest BCUT2D eigenvalue weighted by Gasteiger charge is -2.20. The highest BCUT2D eigenvalue weighted by atomic mass is 35.5. The fourth-order valence-corrected chi connectivity index (χ4v) is 2.16. The van der Waals surface area contributed by atoms with Gasteiger partial charge in [-0.05, 0) is 30.5 Å². The van der Waals surface area contributed by atoms with E-state index in [0.717, 1.165) is 24.9 Å². The molecule has 88 valence electrons. The van der Waals surface area contributed by atoms with Gasteiger partial charge in [-0.25, -0.2) is 0 Å². The number of halogens is 1. The highest BCUT2D eigenvalue weighted by Crippen LogP contribution is 2.28. The van der Waals surface area contributed by atoms with Gasteiger partial charge in [-0.15, -0.1) is 11.6 Å². The molecule has 16 heavy (non-hydrogen) atoms. The predicted octanol–water partition coefficient (Wildman–Crippen LogP) is 2.90. The summed E-state index contributed by atoms with van der Waals surface area (Å²) in [7, 11) is 1.70. The maximum absolute atomic E-state index is 5.83. The Balaban J connectivity index is 1.99. The fraction of sp³-hybridized carbons (Fsp3) is 0.538. The summed E-state index contributed by atoms with van der Waals surface area (Å²) >= 11 is 5.83. The van der Waals surface area contributed by atoms with Crippen molar-refractivity contribution in [2.75, 3.05) is 19.5 Å². The van der Waals surface area contributed by atoms with Crippen LogP contribution in [0.4, 0.5) is 0 Å². The Morgan fingerprint density at radius 2 is 2.25 bits per heavy atom. The van der Waals surface area contributed by atoms with Gasteiger partial charge in [0.05, 0.1) is 7.11 Å². The maximum Gasteiger partial charge on any atom is 0.119 e. The molecule has 0 atom stereocenters. The van der Waals surface area contributed by atoms with Gasteiger partial charge in [-0.3, -0.25) is 4.90 Å². The summed E-state index contributed by atoms with van der Waals surface area (Å²) in [5.74, 6) is 1.64. The van der Waals surface area contributed by atoms with Crippen LogP contribution in [0.1, 0.15) is 18.4 Å². The van der Waals surface area contributed by atoms with Gasteiger partial charge in [0.25, 0.3) is 0 Å². The summed E-state index contributed by atoms with van der Waals surface area (Å²) in [6, 6.07) is 9.02. The minimum atomic E-state index is 0.709. The molecule has 0 bridgehead atoms. The summed E-state index contributed by atoms with van der Waals surface area (Å²) in [4.78, 5) is 2.46. The van der Waals surface area contributed by atoms with Crippen molar-refractivity contribution in [2.45, 2.75) is 25.4 Å². The second kappa shape index (κ2) is 5.55. The van der Waals surface area contributed by atoms with E-state index in [0.29, 0.717) is 5.88 Å². The molecule has 0 N–H and O–H groups in total. The van der Waals surface area contributed by atoms with Crippen molar-refractivity contribution in [3.63, 3.8) is 0 Å². The van der Waals surface area contributed by atoms with E-state index in [2.05, 4.69) is 17.0 Å². The molecule has 1 saturated carbocycles. The Kier molecular flexibility index (Phi) is 4.08. The van der Waals surface area contributed by atoms with Crippen molar-refractivity contribution in [1.29, 1.82) is 0 Å². The van der Waals surface area contributed by atoms with Crippen LogP contribution in [0.25, 0.3) is 0 Å². The van der Waals surface area contributed by atoms with Gasteiger partial charge in [-0.1, -0.05) is 12.1 Å². The third-order valence-electron chi connectivity index (χ3n) is 2.95. The van der Waals surface area contributed by atoms with Crippen molar-refractivity contribution in [2.24, 2.45) is 0 Å². The van der Waals surface area contributed by atoms with E-state index in [1.165, 1.54) is 18.4 Å². The van der Waals surface area contributed by atoms with Crippen LogP contribution >= 0.6 is 11.6 Å². The van der Waals surface area contributed by atoms with E-state index in [-0.39, 0.29) is 0 Å². The molecule has 0 aliphatic heterocycles. The zero-order valence-electron chi connectivity index (χ0n) is 9.66. The Bertz CT molecular complexity index is 338. The zero-order chi connectivity index (χ0) is 11.4. The second-order valence-electron chi connectivity index (χ2n) is 4.24. The van der Waals surface area contributed by atoms with Gasteiger partial charge < -0.3 is 4.74 Å². The second-order valence-corrected chi connectivity index (χ2v) is 4.62. The molecule has 0 amide bonds. The molecule has 2 rings (SSSR count). The normalized spacial score (nSPS) is 15.4. The summed E-state index contributed by atoms with van der Waals surface area (Å²) < 4.78 is 5.23. The lowest BCUT2D eigenvalue weighted by molar-refractivity contribution is 0.270. The van der Waals surface area contributed by atoms with E-state index in [1.807, 2.05) is 12.1 Å². The van der Waals surface area contributed by atoms with Crippen LogP contribution in [0, 0.1) is 0 Å². The van der Waals surface area contributed by atoms with Crippen LogP contribution in [0.2, 0.25) is 0 Å². The van der Waals surface area contributed by atoms with Crippen molar-refractivity contribution in [1.82, 2.24) is 4.90 Å². The van der Waals surface area contributed by atoms with E-state index in [9.17, 15) is 0 Å². The van der Waals surface area contributed by atoms with Gasteiger partial charge in [0, 0.05) is 25.0 Å². The van der Waals surface area contributed by atoms with Crippen molar-refractivity contribution >= 4 is 11.6 Å². The molecule has 3 heteroatoms. The van der Waals surface area contributed by atoms with Crippen LogP contribution in [0.15, 0.2) is 24.3 Å². The number of benzene rings is 1. The fourth-order valence-electron chi connectivity index (χ4n) is 1.94. The number of methoxy groups -OCH3 is 1. The number of hydrogen-bond donors (Lipinski definition) is 0. The first-order valence-corrected chi connectivity index (χ1v) is 6.30. The van der Waals surface area contributed by atoms with E-state index in [1.54, 1.807) is 7.11 Å². The smallest absolute Gasteiger partial charge is 0.119 e. The monoisotopic (exact) mass is 239 g/mol. The zero-order valence-corrected chi connectivity index (χ0v) is 10.4. The number of rotatable bonds is 6. The van der Waals surface area contributed by atoms with Crippen LogP contribution in [-0.4, -0.2) is 30.5 Å². The van der Waals surface area contributed by atoms with E-state index in [4.69, 9.17) is 16.3 Å². The van der Waals surface area contributed by atoms with Crippen molar-refractivity contribution in [3.8, 4) is 5.75 Å². The predicted molar refractivity (Wildman–Crippen MR) is 67.1 cm³/mol. The molecule has 0 spiro atoms. The lowest BCUT2D eigenvalue weighted by atomic mass is 10.2. The van der Waals surface area contributed by atoms with Crippen LogP contribution in [0.5, 0.6) is 5.75 Å². The molecule has 2 nitrogen and oxygen atoms in total. The summed E-state index contributed by atoms with van der Waals surface area (Å²) in [6.45, 7) is 1.96. The molecule has 0 aromatic heterocycles. The Morgan fingerprint density at radius 3 is 2.88 bits per heavy atom. The van der Waals surface area contributed by atoms with E-state index >= 15 is 0 Å². The topological polar surface area (TPSA) is 12.5 Å². The largest absolute Gasteiger partial charge is 0.497 e. The molecule has 1 aromatic rings. The molecular weight excluding hydrogens is 222 g/mol. The lowest BCUT2D eigenvalue weighted by Crippen LogP contribution is -2.27. The minimum absolute atomic E-state index is 0.709. The SMILES string of the molecule is COc1cccc(CN(CCCl)C2CC2)c1. The van der Waals surface area contributed by atoms with Crippen molar-refractivity contribution < 1.29 is 4.74 Å². The standard InChI is InChI=1S/C13H18ClNO/c1-16-13-4-2-3-11(9-13)10-15(8-7-14)12-5-6-12/h2-4,9,12H,5-8,10H2,1H3. The molecule has 1 aromatic carbocycles. The average Bonchev–Trinajstić information content (AvgIpc) is 3.13. The quantitative estimate of drug-likeness (QED) is 0.708. The number of ether oxygens (including phenoxy) is 1. The number of hydrogen-bond acceptors (Lipinski definition) is 2. The first-order valence-electron chi connectivity index (χ1n) is 5.76. The minimum Gasteiger partial charge on any atom is -0.497 e. The summed E-state index contributed by atoms with van der Waals surface area (Å²) in [5.41, 5.74) is 1.30. The van der Waals surface area contributed by atoms with E-state index < -0.39 is 0 Å². The molecule has 0 saturated heterocycles. The summed E-state index contributed by atoms with van der Waals surface area (Å²) in [5, 5.41) is 0. The first-order chi connectivity index (χ1) is 7.83. The highest BCUT2D eigenvalue weighted by Gasteiger charge is 2.28. The molecule has 1 fully saturated rings. The van der Waals surface area contributed by atoms with Crippen molar-refractivity contribution in [3.05, 3.63) is 29.8 Å². The van der Waals surface area contributed by atoms with Gasteiger partial charge in [0.15, 0.2) is 0 Å². The van der Waals surface area contributed by atoms with Crippen LogP contribution in [0.3, 0.4) is 0 Å². The number of alkyl halides is 1. The highest BCUT2D eigenvalue weighted by molar-refractivity contribution is 6.18.